The number of carbonyl (C=O) groups excluding carboxylic acids is 2. The number of ether oxygens (including phenoxy) is 2. The molecule has 2 aliphatic heterocycles. The maximum atomic E-state index is 12.2. The van der Waals surface area contributed by atoms with Crippen LogP contribution in [-0.4, -0.2) is 61.1 Å². The van der Waals surface area contributed by atoms with Crippen LogP contribution in [-0.2, 0) is 16.1 Å². The minimum atomic E-state index is 0.0638. The normalized spacial score (nSPS) is 16.6. The van der Waals surface area contributed by atoms with Gasteiger partial charge >= 0.3 is 0 Å². The molecular weight excluding hydrogens is 298 g/mol. The Balaban J connectivity index is 1.42. The van der Waals surface area contributed by atoms with Crippen molar-refractivity contribution in [2.24, 2.45) is 0 Å². The maximum absolute atomic E-state index is 12.2. The number of hydrogen-bond donors (Lipinski definition) is 1. The molecule has 124 valence electrons. The Kier molecular flexibility index (Phi) is 4.66. The molecule has 0 atom stereocenters. The number of piperazine rings is 1. The number of amides is 2. The average molecular weight is 319 g/mol. The number of carbonyl (C=O) groups is 2. The summed E-state index contributed by atoms with van der Waals surface area (Å²) in [6.45, 7) is 5.13. The summed E-state index contributed by atoms with van der Waals surface area (Å²) in [6.07, 6.45) is 0. The van der Waals surface area contributed by atoms with E-state index < -0.39 is 0 Å². The van der Waals surface area contributed by atoms with E-state index in [1.807, 2.05) is 18.2 Å². The first-order chi connectivity index (χ1) is 11.1. The molecule has 0 aromatic heterocycles. The molecule has 0 unspecified atom stereocenters. The van der Waals surface area contributed by atoms with Crippen LogP contribution in [0.1, 0.15) is 12.5 Å². The second-order valence-corrected chi connectivity index (χ2v) is 5.68. The van der Waals surface area contributed by atoms with Gasteiger partial charge in [-0.2, -0.15) is 0 Å². The molecule has 0 spiro atoms. The molecular formula is C16H21N3O4. The average Bonchev–Trinajstić information content (AvgIpc) is 3.02. The topological polar surface area (TPSA) is 71.1 Å². The van der Waals surface area contributed by atoms with E-state index in [2.05, 4.69) is 5.32 Å². The summed E-state index contributed by atoms with van der Waals surface area (Å²) in [5.74, 6) is 1.64. The Hall–Kier alpha value is -2.28. The molecule has 0 bridgehead atoms. The van der Waals surface area contributed by atoms with Crippen LogP contribution in [0.3, 0.4) is 0 Å². The predicted octanol–water partition coefficient (Wildman–Crippen LogP) is 0.196. The summed E-state index contributed by atoms with van der Waals surface area (Å²) in [4.78, 5) is 27.0. The summed E-state index contributed by atoms with van der Waals surface area (Å²) in [7, 11) is 0. The SMILES string of the molecule is CC(=O)N1CCN(C(=O)CNCc2ccc3c(c2)OCO3)CC1. The first kappa shape index (κ1) is 15.6. The van der Waals surface area contributed by atoms with Crippen molar-refractivity contribution in [1.82, 2.24) is 15.1 Å². The minimum absolute atomic E-state index is 0.0638. The van der Waals surface area contributed by atoms with E-state index in [4.69, 9.17) is 9.47 Å². The van der Waals surface area contributed by atoms with Crippen LogP contribution >= 0.6 is 0 Å². The lowest BCUT2D eigenvalue weighted by Crippen LogP contribution is -2.51. The van der Waals surface area contributed by atoms with Crippen molar-refractivity contribution in [1.29, 1.82) is 0 Å². The number of nitrogens with one attached hydrogen (secondary N) is 1. The molecule has 1 saturated heterocycles. The summed E-state index contributed by atoms with van der Waals surface area (Å²) in [5.41, 5.74) is 1.04. The van der Waals surface area contributed by atoms with Gasteiger partial charge in [-0.25, -0.2) is 0 Å². The van der Waals surface area contributed by atoms with Gasteiger partial charge in [-0.1, -0.05) is 6.07 Å². The van der Waals surface area contributed by atoms with Gasteiger partial charge in [0.1, 0.15) is 0 Å². The van der Waals surface area contributed by atoms with Crippen LogP contribution in [0.4, 0.5) is 0 Å². The van der Waals surface area contributed by atoms with Crippen LogP contribution in [0.5, 0.6) is 11.5 Å². The number of nitrogens with zero attached hydrogens (tertiary/aromatic N) is 2. The van der Waals surface area contributed by atoms with Gasteiger partial charge in [0, 0.05) is 39.6 Å². The van der Waals surface area contributed by atoms with Crippen LogP contribution in [0, 0.1) is 0 Å². The zero-order chi connectivity index (χ0) is 16.2. The van der Waals surface area contributed by atoms with Gasteiger partial charge in [0.15, 0.2) is 11.5 Å². The zero-order valence-corrected chi connectivity index (χ0v) is 13.2. The van der Waals surface area contributed by atoms with E-state index in [-0.39, 0.29) is 25.2 Å². The second kappa shape index (κ2) is 6.87. The number of fused-ring (bicyclic) bond motifs is 1. The first-order valence-corrected chi connectivity index (χ1v) is 7.76. The van der Waals surface area contributed by atoms with E-state index in [0.29, 0.717) is 32.7 Å². The largest absolute Gasteiger partial charge is 0.454 e. The highest BCUT2D eigenvalue weighted by molar-refractivity contribution is 5.79. The van der Waals surface area contributed by atoms with Crippen LogP contribution in [0.25, 0.3) is 0 Å². The molecule has 2 aliphatic rings. The number of hydrogen-bond acceptors (Lipinski definition) is 5. The van der Waals surface area contributed by atoms with Gasteiger partial charge in [-0.3, -0.25) is 9.59 Å². The summed E-state index contributed by atoms with van der Waals surface area (Å²) < 4.78 is 10.6. The quantitative estimate of drug-likeness (QED) is 0.858. The molecule has 7 heteroatoms. The van der Waals surface area contributed by atoms with E-state index in [1.165, 1.54) is 0 Å². The van der Waals surface area contributed by atoms with Crippen molar-refractivity contribution >= 4 is 11.8 Å². The summed E-state index contributed by atoms with van der Waals surface area (Å²) in [5, 5.41) is 3.16. The molecule has 3 rings (SSSR count). The number of rotatable bonds is 4. The smallest absolute Gasteiger partial charge is 0.236 e. The second-order valence-electron chi connectivity index (χ2n) is 5.68. The van der Waals surface area contributed by atoms with Crippen LogP contribution < -0.4 is 14.8 Å². The standard InChI is InChI=1S/C16H21N3O4/c1-12(20)18-4-6-19(7-5-18)16(21)10-17-9-13-2-3-14-15(8-13)23-11-22-14/h2-3,8,17H,4-7,9-11H2,1H3. The molecule has 1 fully saturated rings. The third kappa shape index (κ3) is 3.73. The molecule has 1 aromatic carbocycles. The fourth-order valence-corrected chi connectivity index (χ4v) is 2.75. The van der Waals surface area contributed by atoms with E-state index in [0.717, 1.165) is 17.1 Å². The van der Waals surface area contributed by atoms with E-state index >= 15 is 0 Å². The Labute approximate surface area is 135 Å². The van der Waals surface area contributed by atoms with Gasteiger partial charge in [-0.15, -0.1) is 0 Å². The van der Waals surface area contributed by atoms with Crippen molar-refractivity contribution in [2.75, 3.05) is 39.5 Å². The molecule has 0 aliphatic carbocycles. The number of benzene rings is 1. The molecule has 0 saturated carbocycles. The highest BCUT2D eigenvalue weighted by Crippen LogP contribution is 2.32. The Bertz CT molecular complexity index is 597. The lowest BCUT2D eigenvalue weighted by Gasteiger charge is -2.34. The van der Waals surface area contributed by atoms with Gasteiger partial charge in [0.25, 0.3) is 0 Å². The van der Waals surface area contributed by atoms with E-state index in [1.54, 1.807) is 16.7 Å². The maximum Gasteiger partial charge on any atom is 0.236 e. The minimum Gasteiger partial charge on any atom is -0.454 e. The highest BCUT2D eigenvalue weighted by Gasteiger charge is 2.21. The zero-order valence-electron chi connectivity index (χ0n) is 13.2. The van der Waals surface area contributed by atoms with Gasteiger partial charge in [-0.05, 0) is 17.7 Å². The van der Waals surface area contributed by atoms with Crippen molar-refractivity contribution in [3.63, 3.8) is 0 Å². The molecule has 1 N–H and O–H groups in total. The summed E-state index contributed by atoms with van der Waals surface area (Å²) in [6, 6.07) is 5.75. The Morgan fingerprint density at radius 1 is 1.09 bits per heavy atom. The summed E-state index contributed by atoms with van der Waals surface area (Å²) >= 11 is 0. The van der Waals surface area contributed by atoms with Gasteiger partial charge in [0.2, 0.25) is 18.6 Å². The highest BCUT2D eigenvalue weighted by atomic mass is 16.7. The molecule has 0 radical (unpaired) electrons. The lowest BCUT2D eigenvalue weighted by atomic mass is 10.2. The van der Waals surface area contributed by atoms with Crippen LogP contribution in [0.2, 0.25) is 0 Å². The fraction of sp³-hybridized carbons (Fsp3) is 0.500. The molecule has 7 nitrogen and oxygen atoms in total. The first-order valence-electron chi connectivity index (χ1n) is 7.76. The van der Waals surface area contributed by atoms with Gasteiger partial charge < -0.3 is 24.6 Å². The van der Waals surface area contributed by atoms with Crippen LogP contribution in [0.15, 0.2) is 18.2 Å². The Morgan fingerprint density at radius 3 is 2.52 bits per heavy atom. The molecule has 1 aromatic rings. The van der Waals surface area contributed by atoms with Crippen molar-refractivity contribution in [2.45, 2.75) is 13.5 Å². The molecule has 23 heavy (non-hydrogen) atoms. The molecule has 2 heterocycles. The van der Waals surface area contributed by atoms with Crippen molar-refractivity contribution < 1.29 is 19.1 Å². The third-order valence-corrected chi connectivity index (χ3v) is 4.12. The van der Waals surface area contributed by atoms with Gasteiger partial charge in [0.05, 0.1) is 6.54 Å². The third-order valence-electron chi connectivity index (χ3n) is 4.12. The van der Waals surface area contributed by atoms with Crippen molar-refractivity contribution in [3.05, 3.63) is 23.8 Å². The Morgan fingerprint density at radius 2 is 1.78 bits per heavy atom. The van der Waals surface area contributed by atoms with E-state index in [9.17, 15) is 9.59 Å². The molecule has 2 amide bonds. The fourth-order valence-electron chi connectivity index (χ4n) is 2.75. The lowest BCUT2D eigenvalue weighted by molar-refractivity contribution is -0.137. The van der Waals surface area contributed by atoms with Crippen molar-refractivity contribution in [3.8, 4) is 11.5 Å². The monoisotopic (exact) mass is 319 g/mol. The predicted molar refractivity (Wildman–Crippen MR) is 83.1 cm³/mol.